The molecule has 0 radical (unpaired) electrons. The van der Waals surface area contributed by atoms with Crippen molar-refractivity contribution in [3.05, 3.63) is 84.4 Å². The van der Waals surface area contributed by atoms with Gasteiger partial charge in [0.2, 0.25) is 11.8 Å². The first kappa shape index (κ1) is 30.9. The number of ether oxygens (including phenoxy) is 2. The first-order valence-corrected chi connectivity index (χ1v) is 15.6. The molecule has 0 saturated carbocycles. The van der Waals surface area contributed by atoms with Crippen LogP contribution in [0.5, 0.6) is 11.5 Å². The summed E-state index contributed by atoms with van der Waals surface area (Å²) in [6.07, 6.45) is 0.860. The quantitative estimate of drug-likeness (QED) is 0.353. The number of sulfonamides is 1. The van der Waals surface area contributed by atoms with Gasteiger partial charge < -0.3 is 19.7 Å². The van der Waals surface area contributed by atoms with Gasteiger partial charge in [-0.1, -0.05) is 55.5 Å². The summed E-state index contributed by atoms with van der Waals surface area (Å²) in [6.45, 7) is 7.92. The Labute approximate surface area is 248 Å². The predicted octanol–water partition coefficient (Wildman–Crippen LogP) is 4.42. The molecule has 4 rings (SSSR count). The van der Waals surface area contributed by atoms with Gasteiger partial charge in [0.05, 0.1) is 10.6 Å². The Morgan fingerprint density at radius 3 is 2.14 bits per heavy atom. The van der Waals surface area contributed by atoms with Crippen LogP contribution in [0.4, 0.5) is 5.69 Å². The zero-order valence-corrected chi connectivity index (χ0v) is 25.4. The second-order valence-corrected chi connectivity index (χ2v) is 13.0. The normalized spacial score (nSPS) is 13.6. The lowest BCUT2D eigenvalue weighted by Gasteiger charge is -2.35. The Morgan fingerprint density at radius 2 is 1.52 bits per heavy atom. The summed E-state index contributed by atoms with van der Waals surface area (Å²) in [4.78, 5) is 29.1. The van der Waals surface area contributed by atoms with E-state index in [1.54, 1.807) is 36.4 Å². The molecule has 0 bridgehead atoms. The van der Waals surface area contributed by atoms with E-state index in [4.69, 9.17) is 9.47 Å². The number of hydrogen-bond acceptors (Lipinski definition) is 6. The molecule has 9 nitrogen and oxygen atoms in total. The lowest BCUT2D eigenvalue weighted by Crippen LogP contribution is -2.56. The van der Waals surface area contributed by atoms with E-state index in [-0.39, 0.29) is 23.0 Å². The fourth-order valence-electron chi connectivity index (χ4n) is 4.78. The highest BCUT2D eigenvalue weighted by Gasteiger charge is 2.34. The maximum Gasteiger partial charge on any atom is 0.264 e. The smallest absolute Gasteiger partial charge is 0.264 e. The van der Waals surface area contributed by atoms with Crippen molar-refractivity contribution >= 4 is 27.5 Å². The Kier molecular flexibility index (Phi) is 9.78. The maximum absolute atomic E-state index is 14.2. The number of nitrogens with one attached hydrogen (secondary N) is 1. The lowest BCUT2D eigenvalue weighted by molar-refractivity contribution is -0.140. The van der Waals surface area contributed by atoms with Crippen LogP contribution in [0.3, 0.4) is 0 Å². The summed E-state index contributed by atoms with van der Waals surface area (Å²) in [6, 6.07) is 21.7. The van der Waals surface area contributed by atoms with Crippen LogP contribution in [0.2, 0.25) is 0 Å². The van der Waals surface area contributed by atoms with Crippen LogP contribution < -0.4 is 19.1 Å². The largest absolute Gasteiger partial charge is 0.486 e. The van der Waals surface area contributed by atoms with Crippen LogP contribution in [-0.4, -0.2) is 63.0 Å². The average molecular weight is 594 g/mol. The molecule has 0 saturated heterocycles. The molecule has 1 N–H and O–H groups in total. The van der Waals surface area contributed by atoms with Crippen molar-refractivity contribution in [1.82, 2.24) is 10.2 Å². The van der Waals surface area contributed by atoms with Crippen LogP contribution in [-0.2, 0) is 26.0 Å². The van der Waals surface area contributed by atoms with E-state index in [0.29, 0.717) is 37.6 Å². The molecule has 224 valence electrons. The molecule has 3 aromatic rings. The van der Waals surface area contributed by atoms with Crippen LogP contribution in [0.25, 0.3) is 0 Å². The van der Waals surface area contributed by atoms with Gasteiger partial charge in [0.1, 0.15) is 25.8 Å². The third kappa shape index (κ3) is 7.61. The number of anilines is 1. The molecule has 0 aromatic heterocycles. The summed E-state index contributed by atoms with van der Waals surface area (Å²) < 4.78 is 40.4. The Balaban J connectivity index is 1.72. The average Bonchev–Trinajstić information content (AvgIpc) is 2.97. The van der Waals surface area contributed by atoms with Crippen LogP contribution in [0.15, 0.2) is 83.8 Å². The van der Waals surface area contributed by atoms with Gasteiger partial charge in [-0.3, -0.25) is 13.9 Å². The molecular weight excluding hydrogens is 554 g/mol. The molecular formula is C32H39N3O6S. The SMILES string of the molecule is CC[C@@H](C(=O)NC(C)(C)C)N(CCc1ccccc1)C(=O)CN(c1ccc2c(c1)OCCO2)S(=O)(=O)c1ccccc1. The van der Waals surface area contributed by atoms with Crippen LogP contribution in [0, 0.1) is 0 Å². The molecule has 1 aliphatic rings. The van der Waals surface area contributed by atoms with Crippen molar-refractivity contribution in [1.29, 1.82) is 0 Å². The molecule has 0 fully saturated rings. The predicted molar refractivity (Wildman–Crippen MR) is 162 cm³/mol. The summed E-state index contributed by atoms with van der Waals surface area (Å²) in [5, 5.41) is 2.98. The number of rotatable bonds is 11. The van der Waals surface area contributed by atoms with E-state index in [1.807, 2.05) is 58.0 Å². The fourth-order valence-corrected chi connectivity index (χ4v) is 6.21. The number of amides is 2. The van der Waals surface area contributed by atoms with E-state index in [0.717, 1.165) is 9.87 Å². The van der Waals surface area contributed by atoms with Gasteiger partial charge in [-0.15, -0.1) is 0 Å². The van der Waals surface area contributed by atoms with E-state index in [1.165, 1.54) is 17.0 Å². The zero-order chi connectivity index (χ0) is 30.3. The van der Waals surface area contributed by atoms with Crippen molar-refractivity contribution in [2.24, 2.45) is 0 Å². The number of fused-ring (bicyclic) bond motifs is 1. The van der Waals surface area contributed by atoms with Gasteiger partial charge in [-0.2, -0.15) is 0 Å². The second-order valence-electron chi connectivity index (χ2n) is 11.1. The Morgan fingerprint density at radius 1 is 0.905 bits per heavy atom. The van der Waals surface area contributed by atoms with E-state index in [2.05, 4.69) is 5.32 Å². The monoisotopic (exact) mass is 593 g/mol. The first-order chi connectivity index (χ1) is 20.0. The maximum atomic E-state index is 14.2. The highest BCUT2D eigenvalue weighted by atomic mass is 32.2. The van der Waals surface area contributed by atoms with Gasteiger partial charge in [0.15, 0.2) is 11.5 Å². The zero-order valence-electron chi connectivity index (χ0n) is 24.6. The fraction of sp³-hybridized carbons (Fsp3) is 0.375. The van der Waals surface area contributed by atoms with Gasteiger partial charge in [-0.25, -0.2) is 8.42 Å². The van der Waals surface area contributed by atoms with Crippen molar-refractivity contribution in [3.63, 3.8) is 0 Å². The molecule has 2 amide bonds. The molecule has 10 heteroatoms. The van der Waals surface area contributed by atoms with Gasteiger partial charge >= 0.3 is 0 Å². The van der Waals surface area contributed by atoms with E-state index in [9.17, 15) is 18.0 Å². The van der Waals surface area contributed by atoms with Crippen molar-refractivity contribution in [2.75, 3.05) is 30.6 Å². The van der Waals surface area contributed by atoms with Crippen molar-refractivity contribution in [2.45, 2.75) is 57.0 Å². The third-order valence-electron chi connectivity index (χ3n) is 6.79. The molecule has 1 heterocycles. The summed E-state index contributed by atoms with van der Waals surface area (Å²) in [5.74, 6) is 0.124. The highest BCUT2D eigenvalue weighted by molar-refractivity contribution is 7.92. The third-order valence-corrected chi connectivity index (χ3v) is 8.58. The van der Waals surface area contributed by atoms with Crippen LogP contribution >= 0.6 is 0 Å². The standard InChI is InChI=1S/C32H39N3O6S/c1-5-27(31(37)33-32(2,3)4)34(19-18-24-12-8-6-9-13-24)30(36)23-35(42(38,39)26-14-10-7-11-15-26)25-16-17-28-29(22-25)41-21-20-40-28/h6-17,22,27H,5,18-21,23H2,1-4H3,(H,33,37)/t27-/m0/s1. The van der Waals surface area contributed by atoms with E-state index >= 15 is 0 Å². The first-order valence-electron chi connectivity index (χ1n) is 14.1. The molecule has 1 aliphatic heterocycles. The van der Waals surface area contributed by atoms with Gasteiger partial charge in [0.25, 0.3) is 10.0 Å². The summed E-state index contributed by atoms with van der Waals surface area (Å²) in [5.41, 5.74) is 0.751. The number of nitrogens with zero attached hydrogens (tertiary/aromatic N) is 2. The number of carbonyl (C=O) groups is 2. The molecule has 0 unspecified atom stereocenters. The van der Waals surface area contributed by atoms with Crippen LogP contribution in [0.1, 0.15) is 39.7 Å². The molecule has 0 spiro atoms. The lowest BCUT2D eigenvalue weighted by atomic mass is 10.1. The molecule has 0 aliphatic carbocycles. The number of hydrogen-bond donors (Lipinski definition) is 1. The second kappa shape index (κ2) is 13.3. The summed E-state index contributed by atoms with van der Waals surface area (Å²) >= 11 is 0. The van der Waals surface area contributed by atoms with E-state index < -0.39 is 34.1 Å². The topological polar surface area (TPSA) is 105 Å². The van der Waals surface area contributed by atoms with Crippen molar-refractivity contribution in [3.8, 4) is 11.5 Å². The highest BCUT2D eigenvalue weighted by Crippen LogP contribution is 2.36. The molecule has 1 atom stereocenters. The molecule has 42 heavy (non-hydrogen) atoms. The Bertz CT molecular complexity index is 1470. The van der Waals surface area contributed by atoms with Gasteiger partial charge in [-0.05, 0) is 63.4 Å². The summed E-state index contributed by atoms with van der Waals surface area (Å²) in [7, 11) is -4.17. The minimum Gasteiger partial charge on any atom is -0.486 e. The molecule has 3 aromatic carbocycles. The van der Waals surface area contributed by atoms with Crippen molar-refractivity contribution < 1.29 is 27.5 Å². The minimum absolute atomic E-state index is 0.0426. The Hall–Kier alpha value is -4.05. The minimum atomic E-state index is -4.17. The number of carbonyl (C=O) groups excluding carboxylic acids is 2. The van der Waals surface area contributed by atoms with Gasteiger partial charge in [0, 0.05) is 18.2 Å². The number of benzene rings is 3.